The third-order valence-corrected chi connectivity index (χ3v) is 5.16. The van der Waals surface area contributed by atoms with Crippen molar-refractivity contribution >= 4 is 55.2 Å². The van der Waals surface area contributed by atoms with Gasteiger partial charge in [0.2, 0.25) is 0 Å². The van der Waals surface area contributed by atoms with Gasteiger partial charge in [-0.05, 0) is 40.2 Å². The van der Waals surface area contributed by atoms with Crippen LogP contribution in [0.4, 0.5) is 5.13 Å². The number of thiazole rings is 1. The van der Waals surface area contributed by atoms with Crippen LogP contribution in [0, 0.1) is 0 Å². The second-order valence-electron chi connectivity index (χ2n) is 5.64. The first-order chi connectivity index (χ1) is 13.6. The van der Waals surface area contributed by atoms with E-state index in [1.165, 1.54) is 17.6 Å². The van der Waals surface area contributed by atoms with Crippen molar-refractivity contribution < 1.29 is 18.7 Å². The zero-order valence-electron chi connectivity index (χ0n) is 14.2. The highest BCUT2D eigenvalue weighted by Gasteiger charge is 2.17. The van der Waals surface area contributed by atoms with Crippen molar-refractivity contribution in [3.8, 4) is 11.5 Å². The van der Waals surface area contributed by atoms with Crippen LogP contribution in [0.15, 0.2) is 63.1 Å². The molecule has 0 aliphatic heterocycles. The van der Waals surface area contributed by atoms with Crippen LogP contribution in [-0.2, 0) is 9.53 Å². The largest absolute Gasteiger partial charge is 0.463 e. The fourth-order valence-corrected chi connectivity index (χ4v) is 3.69. The van der Waals surface area contributed by atoms with E-state index in [0.29, 0.717) is 33.1 Å². The smallest absolute Gasteiger partial charge is 0.339 e. The molecule has 28 heavy (non-hydrogen) atoms. The molecule has 9 heteroatoms. The fourth-order valence-electron chi connectivity index (χ4n) is 2.57. The number of esters is 1. The summed E-state index contributed by atoms with van der Waals surface area (Å²) >= 11 is 4.53. The lowest BCUT2D eigenvalue weighted by Gasteiger charge is -2.09. The number of hydrogen-bond acceptors (Lipinski definition) is 7. The number of benzene rings is 1. The highest BCUT2D eigenvalue weighted by atomic mass is 79.9. The summed E-state index contributed by atoms with van der Waals surface area (Å²) in [6.45, 7) is -0.428. The van der Waals surface area contributed by atoms with E-state index >= 15 is 0 Å². The molecule has 1 aromatic carbocycles. The molecule has 0 aliphatic rings. The van der Waals surface area contributed by atoms with Gasteiger partial charge in [-0.15, -0.1) is 0 Å². The van der Waals surface area contributed by atoms with Crippen molar-refractivity contribution in [1.82, 2.24) is 9.97 Å². The van der Waals surface area contributed by atoms with Crippen molar-refractivity contribution in [2.45, 2.75) is 0 Å². The molecule has 3 aromatic heterocycles. The highest BCUT2D eigenvalue weighted by molar-refractivity contribution is 9.11. The molecule has 140 valence electrons. The molecular formula is C19H12BrN3O4S. The molecule has 0 fully saturated rings. The van der Waals surface area contributed by atoms with Crippen LogP contribution in [0.5, 0.6) is 0 Å². The van der Waals surface area contributed by atoms with Gasteiger partial charge in [-0.2, -0.15) is 0 Å². The molecular weight excluding hydrogens is 446 g/mol. The molecule has 1 amide bonds. The van der Waals surface area contributed by atoms with Crippen LogP contribution >= 0.6 is 27.3 Å². The topological polar surface area (TPSA) is 94.3 Å². The number of hydrogen-bond donors (Lipinski definition) is 1. The summed E-state index contributed by atoms with van der Waals surface area (Å²) in [6.07, 6.45) is 3.11. The number of pyridine rings is 1. The second-order valence-corrected chi connectivity index (χ2v) is 8.05. The normalized spacial score (nSPS) is 10.8. The number of halogens is 1. The quantitative estimate of drug-likeness (QED) is 0.443. The summed E-state index contributed by atoms with van der Waals surface area (Å²) in [7, 11) is 0. The lowest BCUT2D eigenvalue weighted by Crippen LogP contribution is -2.21. The minimum atomic E-state index is -0.623. The number of nitrogens with one attached hydrogen (secondary N) is 1. The molecule has 0 saturated heterocycles. The molecule has 4 aromatic rings. The van der Waals surface area contributed by atoms with E-state index in [4.69, 9.17) is 9.15 Å². The number of para-hydroxylation sites is 1. The van der Waals surface area contributed by atoms with E-state index in [2.05, 4.69) is 31.2 Å². The van der Waals surface area contributed by atoms with Gasteiger partial charge in [0.05, 0.1) is 27.3 Å². The first-order valence-corrected chi connectivity index (χ1v) is 9.73. The third kappa shape index (κ3) is 3.95. The van der Waals surface area contributed by atoms with E-state index in [9.17, 15) is 9.59 Å². The van der Waals surface area contributed by atoms with E-state index < -0.39 is 18.5 Å². The van der Waals surface area contributed by atoms with Gasteiger partial charge < -0.3 is 9.15 Å². The number of aromatic nitrogens is 2. The van der Waals surface area contributed by atoms with Gasteiger partial charge in [-0.3, -0.25) is 10.1 Å². The number of nitrogens with zero attached hydrogens (tertiary/aromatic N) is 2. The minimum Gasteiger partial charge on any atom is -0.463 e. The standard InChI is InChI=1S/C19H12BrN3O4S/c20-16-9-21-19(28-16)23-17(24)10-27-18(25)12-8-14(15-6-3-7-26-15)22-13-5-2-1-4-11(12)13/h1-9H,10H2,(H,21,23,24). The summed E-state index contributed by atoms with van der Waals surface area (Å²) in [5.41, 5.74) is 1.44. The second kappa shape index (κ2) is 7.91. The molecule has 0 saturated carbocycles. The summed E-state index contributed by atoms with van der Waals surface area (Å²) in [5.74, 6) is -0.561. The first kappa shape index (κ1) is 18.3. The Morgan fingerprint density at radius 3 is 2.82 bits per heavy atom. The Balaban J connectivity index is 1.55. The van der Waals surface area contributed by atoms with E-state index in [1.54, 1.807) is 42.6 Å². The van der Waals surface area contributed by atoms with Crippen LogP contribution in [0.3, 0.4) is 0 Å². The summed E-state index contributed by atoms with van der Waals surface area (Å²) in [4.78, 5) is 33.2. The number of rotatable bonds is 5. The molecule has 7 nitrogen and oxygen atoms in total. The third-order valence-electron chi connectivity index (χ3n) is 3.77. The van der Waals surface area contributed by atoms with Crippen molar-refractivity contribution in [3.05, 3.63) is 64.3 Å². The molecule has 1 N–H and O–H groups in total. The van der Waals surface area contributed by atoms with Gasteiger partial charge >= 0.3 is 5.97 Å². The van der Waals surface area contributed by atoms with Crippen LogP contribution in [0.1, 0.15) is 10.4 Å². The van der Waals surface area contributed by atoms with Crippen LogP contribution in [-0.4, -0.2) is 28.5 Å². The molecule has 0 bridgehead atoms. The predicted octanol–water partition coefficient (Wildman–Crippen LogP) is 4.51. The fraction of sp³-hybridized carbons (Fsp3) is 0.0526. The molecule has 0 atom stereocenters. The number of fused-ring (bicyclic) bond motifs is 1. The van der Waals surface area contributed by atoms with Gasteiger partial charge in [0.1, 0.15) is 5.69 Å². The van der Waals surface area contributed by atoms with Gasteiger partial charge in [0.25, 0.3) is 5.91 Å². The maximum Gasteiger partial charge on any atom is 0.339 e. The Hall–Kier alpha value is -3.04. The van der Waals surface area contributed by atoms with Gasteiger partial charge in [-0.25, -0.2) is 14.8 Å². The molecule has 0 aliphatic carbocycles. The number of carbonyl (C=O) groups is 2. The lowest BCUT2D eigenvalue weighted by atomic mass is 10.1. The Labute approximate surface area is 171 Å². The monoisotopic (exact) mass is 457 g/mol. The molecule has 0 spiro atoms. The Kier molecular flexibility index (Phi) is 5.18. The van der Waals surface area contributed by atoms with Crippen molar-refractivity contribution in [1.29, 1.82) is 0 Å². The predicted molar refractivity (Wildman–Crippen MR) is 108 cm³/mol. The summed E-state index contributed by atoms with van der Waals surface area (Å²) in [6, 6.07) is 12.3. The Morgan fingerprint density at radius 1 is 1.21 bits per heavy atom. The average Bonchev–Trinajstić information content (AvgIpc) is 3.37. The van der Waals surface area contributed by atoms with E-state index in [-0.39, 0.29) is 0 Å². The maximum absolute atomic E-state index is 12.7. The lowest BCUT2D eigenvalue weighted by molar-refractivity contribution is -0.119. The van der Waals surface area contributed by atoms with E-state index in [1.807, 2.05) is 6.07 Å². The van der Waals surface area contributed by atoms with Crippen molar-refractivity contribution in [3.63, 3.8) is 0 Å². The zero-order chi connectivity index (χ0) is 19.5. The SMILES string of the molecule is O=C(COC(=O)c1cc(-c2ccco2)nc2ccccc12)Nc1ncc(Br)s1. The van der Waals surface area contributed by atoms with Gasteiger partial charge in [-0.1, -0.05) is 29.5 Å². The summed E-state index contributed by atoms with van der Waals surface area (Å²) < 4.78 is 11.4. The van der Waals surface area contributed by atoms with Gasteiger partial charge in [0, 0.05) is 5.39 Å². The number of amides is 1. The minimum absolute atomic E-state index is 0.307. The maximum atomic E-state index is 12.7. The van der Waals surface area contributed by atoms with Crippen LogP contribution < -0.4 is 5.32 Å². The van der Waals surface area contributed by atoms with Crippen molar-refractivity contribution in [2.24, 2.45) is 0 Å². The first-order valence-electron chi connectivity index (χ1n) is 8.12. The van der Waals surface area contributed by atoms with Crippen molar-refractivity contribution in [2.75, 3.05) is 11.9 Å². The van der Waals surface area contributed by atoms with Crippen LogP contribution in [0.2, 0.25) is 0 Å². The molecule has 3 heterocycles. The van der Waals surface area contributed by atoms with Crippen LogP contribution in [0.25, 0.3) is 22.4 Å². The average molecular weight is 458 g/mol. The number of furan rings is 1. The zero-order valence-corrected chi connectivity index (χ0v) is 16.6. The highest BCUT2D eigenvalue weighted by Crippen LogP contribution is 2.26. The molecule has 0 unspecified atom stereocenters. The number of anilines is 1. The Bertz CT molecular complexity index is 1160. The van der Waals surface area contributed by atoms with Gasteiger partial charge in [0.15, 0.2) is 17.5 Å². The number of carbonyl (C=O) groups excluding carboxylic acids is 2. The Morgan fingerprint density at radius 2 is 2.07 bits per heavy atom. The van der Waals surface area contributed by atoms with E-state index in [0.717, 1.165) is 3.79 Å². The molecule has 0 radical (unpaired) electrons. The summed E-state index contributed by atoms with van der Waals surface area (Å²) in [5, 5.41) is 3.62. The molecule has 4 rings (SSSR count). The number of ether oxygens (including phenoxy) is 1.